The number of rotatable bonds is 6. The molecule has 0 atom stereocenters. The lowest BCUT2D eigenvalue weighted by atomic mass is 10.1. The van der Waals surface area contributed by atoms with Gasteiger partial charge in [-0.15, -0.1) is 0 Å². The maximum absolute atomic E-state index is 13.3. The van der Waals surface area contributed by atoms with Gasteiger partial charge in [0.2, 0.25) is 0 Å². The van der Waals surface area contributed by atoms with Crippen LogP contribution in [0, 0.1) is 13.8 Å². The second-order valence-electron chi connectivity index (χ2n) is 10.0. The zero-order valence-corrected chi connectivity index (χ0v) is 22.6. The SMILES string of the molecule is Cc1ccc(C(=O)O)cc1N1C(=O)c2ccc(Oc3ccc4c(c3)C(=O)N(c3cc(C(=O)O)ccc3C)C4=O)cc2C1=O. The van der Waals surface area contributed by atoms with Crippen molar-refractivity contribution in [3.63, 3.8) is 0 Å². The first-order chi connectivity index (χ1) is 20.5. The highest BCUT2D eigenvalue weighted by Gasteiger charge is 2.39. The predicted molar refractivity (Wildman–Crippen MR) is 152 cm³/mol. The lowest BCUT2D eigenvalue weighted by molar-refractivity contribution is 0.0686. The number of hydrogen-bond acceptors (Lipinski definition) is 7. The van der Waals surface area contributed by atoms with Crippen molar-refractivity contribution in [3.8, 4) is 11.5 Å². The lowest BCUT2D eigenvalue weighted by Gasteiger charge is -2.17. The zero-order chi connectivity index (χ0) is 30.7. The van der Waals surface area contributed by atoms with Crippen molar-refractivity contribution in [1.29, 1.82) is 0 Å². The summed E-state index contributed by atoms with van der Waals surface area (Å²) in [5.74, 6) is -4.57. The number of carboxylic acids is 2. The van der Waals surface area contributed by atoms with Crippen LogP contribution in [0.2, 0.25) is 0 Å². The molecule has 2 N–H and O–H groups in total. The maximum Gasteiger partial charge on any atom is 0.335 e. The Balaban J connectivity index is 1.29. The number of aryl methyl sites for hydroxylation is 2. The molecule has 2 aliphatic rings. The standard InChI is InChI=1S/C32H20N2O9/c1-15-3-5-17(31(39)40)11-25(15)33-27(35)21-9-7-19(13-23(21)29(33)37)43-20-8-10-22-24(14-20)30(38)34(28(22)36)26-12-18(32(41)42)6-4-16(26)2/h3-14H,1-2H3,(H,39,40)(H,41,42). The molecule has 0 aliphatic carbocycles. The quantitative estimate of drug-likeness (QED) is 0.298. The Labute approximate surface area is 243 Å². The van der Waals surface area contributed by atoms with Crippen molar-refractivity contribution in [3.05, 3.63) is 117 Å². The van der Waals surface area contributed by atoms with Crippen LogP contribution >= 0.6 is 0 Å². The van der Waals surface area contributed by atoms with Crippen LogP contribution in [0.15, 0.2) is 72.8 Å². The van der Waals surface area contributed by atoms with E-state index in [1.54, 1.807) is 13.8 Å². The van der Waals surface area contributed by atoms with Gasteiger partial charge in [-0.05, 0) is 85.6 Å². The Hall–Kier alpha value is -6.10. The zero-order valence-electron chi connectivity index (χ0n) is 22.6. The Bertz CT molecular complexity index is 1840. The van der Waals surface area contributed by atoms with Gasteiger partial charge in [-0.25, -0.2) is 19.4 Å². The minimum absolute atomic E-state index is 0.0509. The highest BCUT2D eigenvalue weighted by atomic mass is 16.5. The van der Waals surface area contributed by atoms with Gasteiger partial charge in [-0.1, -0.05) is 12.1 Å². The highest BCUT2D eigenvalue weighted by molar-refractivity contribution is 6.35. The van der Waals surface area contributed by atoms with Crippen molar-refractivity contribution in [1.82, 2.24) is 0 Å². The van der Waals surface area contributed by atoms with Gasteiger partial charge >= 0.3 is 11.9 Å². The molecule has 4 amide bonds. The fourth-order valence-electron chi connectivity index (χ4n) is 5.11. The van der Waals surface area contributed by atoms with E-state index in [2.05, 4.69) is 0 Å². The molecule has 11 nitrogen and oxygen atoms in total. The van der Waals surface area contributed by atoms with E-state index in [0.29, 0.717) is 11.1 Å². The van der Waals surface area contributed by atoms with E-state index < -0.39 is 35.6 Å². The molecule has 0 bridgehead atoms. The minimum atomic E-state index is -1.20. The molecule has 6 rings (SSSR count). The van der Waals surface area contributed by atoms with Gasteiger partial charge < -0.3 is 14.9 Å². The van der Waals surface area contributed by atoms with Crippen molar-refractivity contribution in [2.75, 3.05) is 9.80 Å². The van der Waals surface area contributed by atoms with E-state index in [0.717, 1.165) is 9.80 Å². The number of carbonyl (C=O) groups is 6. The first-order valence-corrected chi connectivity index (χ1v) is 12.9. The predicted octanol–water partition coefficient (Wildman–Crippen LogP) is 5.09. The Kier molecular flexibility index (Phi) is 6.15. The van der Waals surface area contributed by atoms with E-state index in [1.807, 2.05) is 0 Å². The first-order valence-electron chi connectivity index (χ1n) is 12.9. The molecule has 0 radical (unpaired) electrons. The summed E-state index contributed by atoms with van der Waals surface area (Å²) in [7, 11) is 0. The minimum Gasteiger partial charge on any atom is -0.478 e. The van der Waals surface area contributed by atoms with E-state index in [1.165, 1.54) is 72.8 Å². The Morgan fingerprint density at radius 2 is 0.907 bits per heavy atom. The van der Waals surface area contributed by atoms with Crippen LogP contribution in [0.5, 0.6) is 11.5 Å². The fourth-order valence-corrected chi connectivity index (χ4v) is 5.11. The summed E-state index contributed by atoms with van der Waals surface area (Å²) in [6, 6.07) is 16.9. The van der Waals surface area contributed by atoms with E-state index in [9.17, 15) is 39.0 Å². The molecule has 0 unspecified atom stereocenters. The summed E-state index contributed by atoms with van der Waals surface area (Å²) in [4.78, 5) is 77.7. The number of amides is 4. The summed E-state index contributed by atoms with van der Waals surface area (Å²) in [6.45, 7) is 3.31. The van der Waals surface area contributed by atoms with Crippen LogP contribution in [0.4, 0.5) is 11.4 Å². The molecule has 212 valence electrons. The molecule has 0 aromatic heterocycles. The topological polar surface area (TPSA) is 159 Å². The molecule has 4 aromatic carbocycles. The van der Waals surface area contributed by atoms with Crippen LogP contribution in [-0.2, 0) is 0 Å². The second kappa shape index (κ2) is 9.77. The molecule has 43 heavy (non-hydrogen) atoms. The average Bonchev–Trinajstić information content (AvgIpc) is 3.36. The normalized spacial score (nSPS) is 13.8. The van der Waals surface area contributed by atoms with Crippen molar-refractivity contribution in [2.24, 2.45) is 0 Å². The third-order valence-electron chi connectivity index (χ3n) is 7.35. The maximum atomic E-state index is 13.3. The van der Waals surface area contributed by atoms with Crippen LogP contribution in [0.3, 0.4) is 0 Å². The molecular formula is C32H20N2O9. The molecule has 2 aliphatic heterocycles. The van der Waals surface area contributed by atoms with Gasteiger partial charge in [0.25, 0.3) is 23.6 Å². The number of hydrogen-bond donors (Lipinski definition) is 2. The third-order valence-corrected chi connectivity index (χ3v) is 7.35. The summed E-state index contributed by atoms with van der Waals surface area (Å²) in [6.07, 6.45) is 0. The van der Waals surface area contributed by atoms with E-state index in [-0.39, 0.29) is 56.3 Å². The number of imide groups is 2. The molecule has 11 heteroatoms. The fraction of sp³-hybridized carbons (Fsp3) is 0.0625. The summed E-state index contributed by atoms with van der Waals surface area (Å²) in [5, 5.41) is 18.7. The first kappa shape index (κ1) is 27.1. The van der Waals surface area contributed by atoms with Gasteiger partial charge in [0, 0.05) is 0 Å². The molecule has 0 spiro atoms. The summed E-state index contributed by atoms with van der Waals surface area (Å²) < 4.78 is 5.91. The number of anilines is 2. The van der Waals surface area contributed by atoms with Gasteiger partial charge in [0.1, 0.15) is 11.5 Å². The van der Waals surface area contributed by atoms with Crippen LogP contribution in [-0.4, -0.2) is 45.8 Å². The number of ether oxygens (including phenoxy) is 1. The number of aromatic carboxylic acids is 2. The van der Waals surface area contributed by atoms with Gasteiger partial charge in [-0.3, -0.25) is 19.2 Å². The number of carboxylic acid groups (broad SMARTS) is 2. The highest BCUT2D eigenvalue weighted by Crippen LogP contribution is 2.37. The van der Waals surface area contributed by atoms with Crippen molar-refractivity contribution >= 4 is 46.9 Å². The monoisotopic (exact) mass is 576 g/mol. The Morgan fingerprint density at radius 1 is 0.535 bits per heavy atom. The molecule has 0 fully saturated rings. The lowest BCUT2D eigenvalue weighted by Crippen LogP contribution is -2.30. The summed E-state index contributed by atoms with van der Waals surface area (Å²) in [5.41, 5.74) is 1.56. The van der Waals surface area contributed by atoms with Gasteiger partial charge in [0.05, 0.1) is 44.8 Å². The number of carbonyl (C=O) groups excluding carboxylic acids is 4. The summed E-state index contributed by atoms with van der Waals surface area (Å²) >= 11 is 0. The second-order valence-corrected chi connectivity index (χ2v) is 10.0. The van der Waals surface area contributed by atoms with Gasteiger partial charge in [0.15, 0.2) is 0 Å². The number of nitrogens with zero attached hydrogens (tertiary/aromatic N) is 2. The molecule has 4 aromatic rings. The molecule has 0 saturated heterocycles. The third kappa shape index (κ3) is 4.30. The number of benzene rings is 4. The van der Waals surface area contributed by atoms with Crippen LogP contribution < -0.4 is 14.5 Å². The Morgan fingerprint density at radius 3 is 1.28 bits per heavy atom. The number of fused-ring (bicyclic) bond motifs is 2. The van der Waals surface area contributed by atoms with Crippen molar-refractivity contribution < 1.29 is 43.7 Å². The van der Waals surface area contributed by atoms with E-state index >= 15 is 0 Å². The largest absolute Gasteiger partial charge is 0.478 e. The smallest absolute Gasteiger partial charge is 0.335 e. The molecule has 2 heterocycles. The average molecular weight is 577 g/mol. The van der Waals surface area contributed by atoms with Crippen LogP contribution in [0.1, 0.15) is 73.3 Å². The molecular weight excluding hydrogens is 556 g/mol. The van der Waals surface area contributed by atoms with Gasteiger partial charge in [-0.2, -0.15) is 0 Å². The van der Waals surface area contributed by atoms with Crippen molar-refractivity contribution in [2.45, 2.75) is 13.8 Å². The van der Waals surface area contributed by atoms with Crippen LogP contribution in [0.25, 0.3) is 0 Å². The van der Waals surface area contributed by atoms with E-state index in [4.69, 9.17) is 4.74 Å². The molecule has 0 saturated carbocycles.